The van der Waals surface area contributed by atoms with E-state index in [2.05, 4.69) is 46.1 Å². The van der Waals surface area contributed by atoms with Crippen molar-refractivity contribution >= 4 is 50.6 Å². The van der Waals surface area contributed by atoms with Gasteiger partial charge in [0.1, 0.15) is 23.7 Å². The first-order valence-electron chi connectivity index (χ1n) is 22.1. The first-order chi connectivity index (χ1) is 28.3. The average Bonchev–Trinajstić information content (AvgIpc) is 3.60. The predicted molar refractivity (Wildman–Crippen MR) is 227 cm³/mol. The van der Waals surface area contributed by atoms with Crippen molar-refractivity contribution < 1.29 is 32.4 Å². The Morgan fingerprint density at radius 3 is 2.22 bits per heavy atom. The maximum absolute atomic E-state index is 15.3. The topological polar surface area (TPSA) is 190 Å². The highest BCUT2D eigenvalue weighted by atomic mass is 32.2. The molecule has 0 bridgehead atoms. The molecule has 326 valence electrons. The van der Waals surface area contributed by atoms with Crippen molar-refractivity contribution in [3.8, 4) is 0 Å². The molecule has 60 heavy (non-hydrogen) atoms. The van der Waals surface area contributed by atoms with Crippen LogP contribution >= 0.6 is 0 Å². The fraction of sp³-hybridized carbons (Fsp3) is 0.667. The molecule has 4 saturated carbocycles. The Balaban J connectivity index is 1.06. The second-order valence-electron chi connectivity index (χ2n) is 20.3. The van der Waals surface area contributed by atoms with Crippen molar-refractivity contribution in [3.63, 3.8) is 0 Å². The smallest absolute Gasteiger partial charge is 0.303 e. The summed E-state index contributed by atoms with van der Waals surface area (Å²) >= 11 is 0. The fourth-order valence-corrected chi connectivity index (χ4v) is 13.2. The number of nitrogens with one attached hydrogen (secondary N) is 5. The van der Waals surface area contributed by atoms with E-state index in [9.17, 15) is 27.6 Å². The van der Waals surface area contributed by atoms with Crippen LogP contribution in [0.2, 0.25) is 0 Å². The molecule has 2 aromatic rings. The van der Waals surface area contributed by atoms with E-state index in [-0.39, 0.29) is 34.5 Å². The van der Waals surface area contributed by atoms with Crippen LogP contribution in [0.3, 0.4) is 0 Å². The van der Waals surface area contributed by atoms with Gasteiger partial charge in [0.05, 0.1) is 0 Å². The van der Waals surface area contributed by atoms with Gasteiger partial charge in [-0.2, -0.15) is 12.7 Å². The van der Waals surface area contributed by atoms with Gasteiger partial charge in [0.2, 0.25) is 17.7 Å². The summed E-state index contributed by atoms with van der Waals surface area (Å²) in [5.41, 5.74) is -1.54. The van der Waals surface area contributed by atoms with Gasteiger partial charge in [-0.1, -0.05) is 66.4 Å². The third-order valence-electron chi connectivity index (χ3n) is 16.0. The first-order valence-corrected chi connectivity index (χ1v) is 23.5. The van der Waals surface area contributed by atoms with E-state index in [1.54, 1.807) is 23.1 Å². The van der Waals surface area contributed by atoms with Crippen LogP contribution < -0.4 is 20.7 Å². The zero-order valence-electron chi connectivity index (χ0n) is 35.8. The lowest BCUT2D eigenvalue weighted by Gasteiger charge is -2.38. The van der Waals surface area contributed by atoms with Gasteiger partial charge in [-0.15, -0.1) is 6.58 Å². The number of carbonyl (C=O) groups is 5. The second kappa shape index (κ2) is 15.0. The van der Waals surface area contributed by atoms with E-state index >= 15 is 4.79 Å². The number of amides is 5. The van der Waals surface area contributed by atoms with Crippen LogP contribution in [0.15, 0.2) is 43.1 Å². The highest BCUT2D eigenvalue weighted by molar-refractivity contribution is 7.87. The quantitative estimate of drug-likeness (QED) is 0.192. The molecule has 6 aliphatic rings. The molecule has 3 heterocycles. The highest BCUT2D eigenvalue weighted by Gasteiger charge is 2.85. The summed E-state index contributed by atoms with van der Waals surface area (Å²) in [7, 11) is -4.12. The zero-order valence-corrected chi connectivity index (χ0v) is 36.6. The first kappa shape index (κ1) is 42.5. The number of fused-ring (bicyclic) bond motifs is 2. The van der Waals surface area contributed by atoms with Crippen molar-refractivity contribution in [3.05, 3.63) is 48.7 Å². The number of rotatable bonds is 12. The molecule has 4 aliphatic carbocycles. The van der Waals surface area contributed by atoms with Crippen molar-refractivity contribution in [1.82, 2.24) is 34.9 Å². The summed E-state index contributed by atoms with van der Waals surface area (Å²) in [5, 5.41) is 10.00. The Kier molecular flexibility index (Phi) is 10.6. The summed E-state index contributed by atoms with van der Waals surface area (Å²) < 4.78 is 29.9. The molecule has 2 saturated heterocycles. The number of aromatic amines is 1. The van der Waals surface area contributed by atoms with Gasteiger partial charge < -0.3 is 25.8 Å². The second-order valence-corrected chi connectivity index (χ2v) is 22.0. The lowest BCUT2D eigenvalue weighted by atomic mass is 9.73. The number of aromatic nitrogens is 1. The van der Waals surface area contributed by atoms with Crippen LogP contribution in [0, 0.1) is 33.5 Å². The van der Waals surface area contributed by atoms with Crippen molar-refractivity contribution in [1.29, 1.82) is 0 Å². The van der Waals surface area contributed by atoms with Crippen molar-refractivity contribution in [2.24, 2.45) is 33.5 Å². The van der Waals surface area contributed by atoms with E-state index in [4.69, 9.17) is 0 Å². The molecular weight excluding hydrogens is 783 g/mol. The summed E-state index contributed by atoms with van der Waals surface area (Å²) in [4.78, 5) is 77.1. The van der Waals surface area contributed by atoms with Crippen molar-refractivity contribution in [2.75, 3.05) is 19.6 Å². The Bertz CT molecular complexity index is 2200. The Morgan fingerprint density at radius 2 is 1.62 bits per heavy atom. The average molecular weight is 846 g/mol. The molecule has 5 N–H and O–H groups in total. The molecule has 8 rings (SSSR count). The van der Waals surface area contributed by atoms with Crippen LogP contribution in [0.1, 0.15) is 122 Å². The van der Waals surface area contributed by atoms with Crippen LogP contribution in [0.4, 0.5) is 0 Å². The maximum Gasteiger partial charge on any atom is 0.303 e. The maximum atomic E-state index is 15.3. The lowest BCUT2D eigenvalue weighted by molar-refractivity contribution is -0.145. The van der Waals surface area contributed by atoms with E-state index in [0.29, 0.717) is 44.5 Å². The number of nitrogens with zero attached hydrogens (tertiary/aromatic N) is 2. The third-order valence-corrected chi connectivity index (χ3v) is 17.5. The molecule has 6 atom stereocenters. The molecule has 14 nitrogen and oxygen atoms in total. The van der Waals surface area contributed by atoms with Gasteiger partial charge >= 0.3 is 10.2 Å². The van der Waals surface area contributed by atoms with Crippen LogP contribution in [0.25, 0.3) is 10.9 Å². The minimum atomic E-state index is -4.12. The fourth-order valence-electron chi connectivity index (χ4n) is 11.9. The lowest BCUT2D eigenvalue weighted by Crippen LogP contribution is -2.62. The third kappa shape index (κ3) is 6.85. The number of benzene rings is 1. The molecule has 1 aromatic heterocycles. The zero-order chi connectivity index (χ0) is 43.0. The standard InChI is InChI=1S/C45H63N7O7S/c1-7-31-25-45(31,40(57)50-60(58,59)51-22-11-12-23-51)49-37(54)33-26-44(42(5,6)43(44)19-13-20-43)27-52(33)39(56)35(41(2,3)4)48-38(55)34(28-14-9-8-10-15-28)47-36(53)30-16-17-32-29(24-30)18-21-46-32/h7,16-18,21,24,28,31,33-35,46H,1,8-15,19-20,22-23,25-27H2,2-6H3,(H,47,53)(H,48,55)(H,49,54)(H,50,57)/t31-,33+,34?,35-,44-,45-/m1/s1. The van der Waals surface area contributed by atoms with Gasteiger partial charge in [0.25, 0.3) is 11.8 Å². The highest BCUT2D eigenvalue weighted by Crippen LogP contribution is 2.88. The van der Waals surface area contributed by atoms with Gasteiger partial charge in [-0.25, -0.2) is 4.72 Å². The summed E-state index contributed by atoms with van der Waals surface area (Å²) in [5.74, 6) is -3.17. The van der Waals surface area contributed by atoms with Gasteiger partial charge in [0, 0.05) is 53.6 Å². The molecule has 1 unspecified atom stereocenters. The van der Waals surface area contributed by atoms with E-state index in [0.717, 1.165) is 62.3 Å². The number of hydrogen-bond acceptors (Lipinski definition) is 7. The summed E-state index contributed by atoms with van der Waals surface area (Å²) in [6.45, 7) is 14.9. The summed E-state index contributed by atoms with van der Waals surface area (Å²) in [6, 6.07) is 4.33. The molecule has 2 spiro atoms. The number of hydrogen-bond donors (Lipinski definition) is 5. The van der Waals surface area contributed by atoms with Crippen LogP contribution in [-0.4, -0.2) is 95.4 Å². The monoisotopic (exact) mass is 845 g/mol. The minimum absolute atomic E-state index is 0.0318. The molecular formula is C45H63N7O7S. The number of likely N-dealkylation sites (tertiary alicyclic amines) is 1. The summed E-state index contributed by atoms with van der Waals surface area (Å²) in [6.07, 6.45) is 12.8. The van der Waals surface area contributed by atoms with Crippen LogP contribution in [0.5, 0.6) is 0 Å². The Hall–Kier alpha value is -4.24. The van der Waals surface area contributed by atoms with Gasteiger partial charge in [-0.05, 0) is 97.8 Å². The molecule has 0 radical (unpaired) electrons. The number of carbonyl (C=O) groups excluding carboxylic acids is 5. The Labute approximate surface area is 354 Å². The molecule has 6 fully saturated rings. The van der Waals surface area contributed by atoms with E-state index < -0.39 is 68.8 Å². The SMILES string of the molecule is C=C[C@@H]1C[C@]1(NC(=O)[C@@H]1C[C@@]2(CN1C(=O)[C@@H](NC(=O)C(NC(=O)c1ccc3[nH]ccc3c1)C1CCCCC1)C(C)(C)C)C(C)(C)C21CCC1)C(=O)NS(=O)(=O)N1CCCC1. The number of H-pyrrole nitrogens is 1. The molecule has 15 heteroatoms. The van der Waals surface area contributed by atoms with Gasteiger partial charge in [-0.3, -0.25) is 24.0 Å². The predicted octanol–water partition coefficient (Wildman–Crippen LogP) is 4.69. The molecule has 1 aromatic carbocycles. The molecule has 2 aliphatic heterocycles. The van der Waals surface area contributed by atoms with Gasteiger partial charge in [0.15, 0.2) is 0 Å². The van der Waals surface area contributed by atoms with Crippen LogP contribution in [-0.2, 0) is 29.4 Å². The van der Waals surface area contributed by atoms with E-state index in [1.807, 2.05) is 39.1 Å². The largest absolute Gasteiger partial charge is 0.361 e. The Morgan fingerprint density at radius 1 is 0.917 bits per heavy atom. The minimum Gasteiger partial charge on any atom is -0.361 e. The van der Waals surface area contributed by atoms with E-state index in [1.165, 1.54) is 4.31 Å². The molecule has 5 amide bonds. The normalized spacial score (nSPS) is 29.4. The van der Waals surface area contributed by atoms with Crippen molar-refractivity contribution in [2.45, 2.75) is 135 Å².